The van der Waals surface area contributed by atoms with Crippen molar-refractivity contribution in [1.29, 1.82) is 0 Å². The predicted octanol–water partition coefficient (Wildman–Crippen LogP) is 3.35. The van der Waals surface area contributed by atoms with Crippen LogP contribution >= 0.6 is 28.1 Å². The minimum Gasteiger partial charge on any atom is -0.493 e. The maximum Gasteiger partial charge on any atom is 0.338 e. The lowest BCUT2D eigenvalue weighted by Crippen LogP contribution is -2.45. The Hall–Kier alpha value is -3.64. The van der Waals surface area contributed by atoms with E-state index in [0.717, 1.165) is 0 Å². The molecule has 37 heavy (non-hydrogen) atoms. The second kappa shape index (κ2) is 13.1. The lowest BCUT2D eigenvalue weighted by atomic mass is 9.95. The van der Waals surface area contributed by atoms with E-state index < -0.39 is 17.9 Å². The number of nitrogens with one attached hydrogen (secondary N) is 3. The van der Waals surface area contributed by atoms with E-state index in [0.29, 0.717) is 49.2 Å². The summed E-state index contributed by atoms with van der Waals surface area (Å²) in [7, 11) is 3.07. The molecule has 0 saturated carbocycles. The van der Waals surface area contributed by atoms with Crippen LogP contribution < -0.4 is 30.3 Å². The highest BCUT2D eigenvalue weighted by Gasteiger charge is 2.32. The number of hydrogen-bond acceptors (Lipinski definition) is 8. The van der Waals surface area contributed by atoms with Crippen LogP contribution in [0.25, 0.3) is 0 Å². The van der Waals surface area contributed by atoms with Gasteiger partial charge < -0.3 is 29.6 Å². The average molecular weight is 591 g/mol. The second-order valence-electron chi connectivity index (χ2n) is 7.65. The summed E-state index contributed by atoms with van der Waals surface area (Å²) in [5, 5.41) is 10.4. The largest absolute Gasteiger partial charge is 0.493 e. The monoisotopic (exact) mass is 590 g/mol. The van der Waals surface area contributed by atoms with Crippen molar-refractivity contribution in [3.05, 3.63) is 63.3 Å². The summed E-state index contributed by atoms with van der Waals surface area (Å²) in [4.78, 5) is 25.1. The highest BCUT2D eigenvalue weighted by atomic mass is 79.9. The number of thiocarbonyl (C=S) groups is 1. The van der Waals surface area contributed by atoms with Crippen LogP contribution in [-0.2, 0) is 14.3 Å². The summed E-state index contributed by atoms with van der Waals surface area (Å²) in [5.74, 6) is 0.521. The van der Waals surface area contributed by atoms with E-state index in [-0.39, 0.29) is 13.2 Å². The molecule has 3 rings (SSSR count). The molecule has 0 aromatic heterocycles. The van der Waals surface area contributed by atoms with Crippen LogP contribution in [0.15, 0.2) is 57.2 Å². The molecule has 0 unspecified atom stereocenters. The first-order valence-electron chi connectivity index (χ1n) is 11.2. The Morgan fingerprint density at radius 2 is 1.95 bits per heavy atom. The third-order valence-corrected chi connectivity index (χ3v) is 6.02. The van der Waals surface area contributed by atoms with Gasteiger partial charge in [0.05, 0.1) is 43.1 Å². The van der Waals surface area contributed by atoms with Crippen LogP contribution in [0.5, 0.6) is 17.2 Å². The number of ether oxygens (including phenoxy) is 4. The van der Waals surface area contributed by atoms with E-state index in [2.05, 4.69) is 37.1 Å². The van der Waals surface area contributed by atoms with Crippen molar-refractivity contribution in [2.75, 3.05) is 27.4 Å². The first-order chi connectivity index (χ1) is 17.8. The van der Waals surface area contributed by atoms with Crippen LogP contribution in [0, 0.1) is 0 Å². The zero-order valence-corrected chi connectivity index (χ0v) is 23.1. The van der Waals surface area contributed by atoms with E-state index >= 15 is 0 Å². The number of hydrazone groups is 1. The number of nitrogens with zero attached hydrogens (tertiary/aromatic N) is 1. The van der Waals surface area contributed by atoms with E-state index in [1.807, 2.05) is 0 Å². The number of benzene rings is 2. The van der Waals surface area contributed by atoms with Crippen LogP contribution in [0.1, 0.15) is 31.0 Å². The van der Waals surface area contributed by atoms with E-state index in [9.17, 15) is 9.59 Å². The Morgan fingerprint density at radius 1 is 1.19 bits per heavy atom. The number of carbonyl (C=O) groups is 2. The maximum absolute atomic E-state index is 12.7. The minimum atomic E-state index is -0.617. The summed E-state index contributed by atoms with van der Waals surface area (Å²) in [6, 6.07) is 9.95. The summed E-state index contributed by atoms with van der Waals surface area (Å²) in [5.41, 5.74) is 4.69. The second-order valence-corrected chi connectivity index (χ2v) is 8.91. The Morgan fingerprint density at radius 3 is 2.65 bits per heavy atom. The number of allylic oxidation sites excluding steroid dienone is 1. The minimum absolute atomic E-state index is 0.228. The van der Waals surface area contributed by atoms with E-state index in [1.165, 1.54) is 13.3 Å². The molecule has 2 aromatic rings. The third-order valence-electron chi connectivity index (χ3n) is 5.21. The molecule has 10 nitrogen and oxygen atoms in total. The predicted molar refractivity (Wildman–Crippen MR) is 146 cm³/mol. The van der Waals surface area contributed by atoms with Crippen molar-refractivity contribution in [3.63, 3.8) is 0 Å². The highest BCUT2D eigenvalue weighted by Crippen LogP contribution is 2.36. The third kappa shape index (κ3) is 6.98. The summed E-state index contributed by atoms with van der Waals surface area (Å²) < 4.78 is 22.3. The number of esters is 1. The van der Waals surface area contributed by atoms with Gasteiger partial charge >= 0.3 is 5.97 Å². The molecule has 0 spiro atoms. The van der Waals surface area contributed by atoms with Crippen molar-refractivity contribution in [3.8, 4) is 17.2 Å². The first-order valence-corrected chi connectivity index (χ1v) is 12.4. The summed E-state index contributed by atoms with van der Waals surface area (Å²) >= 11 is 8.71. The maximum atomic E-state index is 12.7. The standard InChI is InChI=1S/C25H27BrN4O6S/c1-5-35-24(32)21-14(2)28-25(37)29-22(21)16-8-6-7-9-18(16)36-13-20(31)30-27-12-15-10-17(26)23(34-4)19(11-15)33-3/h6-12,22H,5,13H2,1-4H3,(H,30,31)(H2,28,29,37)/t22-/m1/s1. The van der Waals surface area contributed by atoms with Gasteiger partial charge in [0.2, 0.25) is 0 Å². The Labute approximate surface area is 228 Å². The fraction of sp³-hybridized carbons (Fsp3) is 0.280. The van der Waals surface area contributed by atoms with Gasteiger partial charge in [-0.1, -0.05) is 18.2 Å². The van der Waals surface area contributed by atoms with Crippen molar-refractivity contribution in [1.82, 2.24) is 16.1 Å². The quantitative estimate of drug-likeness (QED) is 0.165. The molecule has 1 heterocycles. The van der Waals surface area contributed by atoms with Gasteiger partial charge in [-0.15, -0.1) is 0 Å². The normalized spacial score (nSPS) is 15.1. The van der Waals surface area contributed by atoms with Crippen LogP contribution in [0.3, 0.4) is 0 Å². The van der Waals surface area contributed by atoms with Gasteiger partial charge in [-0.3, -0.25) is 4.79 Å². The zero-order valence-electron chi connectivity index (χ0n) is 20.7. The van der Waals surface area contributed by atoms with Crippen molar-refractivity contribution >= 4 is 51.4 Å². The lowest BCUT2D eigenvalue weighted by Gasteiger charge is -2.30. The van der Waals surface area contributed by atoms with Gasteiger partial charge in [-0.05, 0) is 65.8 Å². The number of rotatable bonds is 10. The molecule has 0 saturated heterocycles. The van der Waals surface area contributed by atoms with E-state index in [4.69, 9.17) is 31.2 Å². The first kappa shape index (κ1) is 27.9. The molecule has 12 heteroatoms. The van der Waals surface area contributed by atoms with Gasteiger partial charge in [0.1, 0.15) is 5.75 Å². The molecule has 0 aliphatic carbocycles. The van der Waals surface area contributed by atoms with Crippen LogP contribution in [-0.4, -0.2) is 50.6 Å². The Bertz CT molecular complexity index is 1250. The number of amides is 1. The molecule has 1 aliphatic heterocycles. The van der Waals surface area contributed by atoms with Gasteiger partial charge in [0.15, 0.2) is 23.2 Å². The molecule has 196 valence electrons. The number of carbonyl (C=O) groups excluding carboxylic acids is 2. The van der Waals surface area contributed by atoms with Gasteiger partial charge in [-0.25, -0.2) is 10.2 Å². The topological polar surface area (TPSA) is 120 Å². The Kier molecular flexibility index (Phi) is 9.86. The molecule has 3 N–H and O–H groups in total. The Balaban J connectivity index is 1.71. The molecular weight excluding hydrogens is 564 g/mol. The SMILES string of the molecule is CCOC(=O)C1=C(C)NC(=S)N[C@@H]1c1ccccc1OCC(=O)NN=Cc1cc(Br)c(OC)c(OC)c1. The average Bonchev–Trinajstić information content (AvgIpc) is 2.86. The van der Waals surface area contributed by atoms with Crippen LogP contribution in [0.4, 0.5) is 0 Å². The van der Waals surface area contributed by atoms with Crippen molar-refractivity contribution in [2.24, 2.45) is 5.10 Å². The molecule has 1 amide bonds. The molecular formula is C25H27BrN4O6S. The number of methoxy groups -OCH3 is 2. The number of para-hydroxylation sites is 1. The molecule has 2 aromatic carbocycles. The molecule has 0 fully saturated rings. The zero-order chi connectivity index (χ0) is 26.9. The fourth-order valence-corrected chi connectivity index (χ4v) is 4.52. The number of halogens is 1. The van der Waals surface area contributed by atoms with E-state index in [1.54, 1.807) is 57.4 Å². The molecule has 0 radical (unpaired) electrons. The van der Waals surface area contributed by atoms with Crippen molar-refractivity contribution < 1.29 is 28.5 Å². The van der Waals surface area contributed by atoms with Gasteiger partial charge in [0.25, 0.3) is 5.91 Å². The highest BCUT2D eigenvalue weighted by molar-refractivity contribution is 9.10. The summed E-state index contributed by atoms with van der Waals surface area (Å²) in [6.07, 6.45) is 1.47. The van der Waals surface area contributed by atoms with Crippen LogP contribution in [0.2, 0.25) is 0 Å². The van der Waals surface area contributed by atoms with Gasteiger partial charge in [-0.2, -0.15) is 5.10 Å². The van der Waals surface area contributed by atoms with Crippen molar-refractivity contribution in [2.45, 2.75) is 19.9 Å². The molecule has 0 bridgehead atoms. The molecule has 1 aliphatic rings. The number of hydrogen-bond donors (Lipinski definition) is 3. The lowest BCUT2D eigenvalue weighted by molar-refractivity contribution is -0.139. The smallest absolute Gasteiger partial charge is 0.338 e. The fourth-order valence-electron chi connectivity index (χ4n) is 3.62. The van der Waals surface area contributed by atoms with Gasteiger partial charge in [0, 0.05) is 11.3 Å². The summed E-state index contributed by atoms with van der Waals surface area (Å²) in [6.45, 7) is 3.40. The molecule has 1 atom stereocenters.